The molecule has 1 nitrogen and oxygen atoms in total. The molecule has 0 N–H and O–H groups in total. The van der Waals surface area contributed by atoms with Gasteiger partial charge in [-0.2, -0.15) is 0 Å². The quantitative estimate of drug-likeness (QED) is 0.710. The van der Waals surface area contributed by atoms with Gasteiger partial charge in [-0.1, -0.05) is 33.9 Å². The van der Waals surface area contributed by atoms with Gasteiger partial charge in [0, 0.05) is 5.56 Å². The third-order valence-electron chi connectivity index (χ3n) is 3.55. The summed E-state index contributed by atoms with van der Waals surface area (Å²) >= 11 is 0. The third kappa shape index (κ3) is 2.40. The van der Waals surface area contributed by atoms with Crippen LogP contribution in [0.1, 0.15) is 31.1 Å². The first-order valence-corrected chi connectivity index (χ1v) is 8.46. The SMILES string of the molecule is CC(C)(C)[Si](C)(C)C(=O)c1ccc(F)cc1. The predicted octanol–water partition coefficient (Wildman–Crippen LogP) is 4.06. The monoisotopic (exact) mass is 238 g/mol. The molecule has 88 valence electrons. The van der Waals surface area contributed by atoms with Crippen molar-refractivity contribution in [3.63, 3.8) is 0 Å². The topological polar surface area (TPSA) is 17.1 Å². The summed E-state index contributed by atoms with van der Waals surface area (Å²) in [5.41, 5.74) is 0.632. The van der Waals surface area contributed by atoms with Gasteiger partial charge in [-0.05, 0) is 29.3 Å². The van der Waals surface area contributed by atoms with Crippen LogP contribution in [0.2, 0.25) is 18.1 Å². The highest BCUT2D eigenvalue weighted by Crippen LogP contribution is 2.37. The fourth-order valence-electron chi connectivity index (χ4n) is 1.30. The molecule has 0 aromatic heterocycles. The van der Waals surface area contributed by atoms with Gasteiger partial charge < -0.3 is 4.79 Å². The first kappa shape index (κ1) is 13.1. The maximum atomic E-state index is 12.8. The molecule has 0 aliphatic heterocycles. The Kier molecular flexibility index (Phi) is 3.38. The molecule has 0 spiro atoms. The number of benzene rings is 1. The minimum atomic E-state index is -2.03. The zero-order valence-electron chi connectivity index (χ0n) is 10.6. The second kappa shape index (κ2) is 4.13. The molecule has 0 heterocycles. The minimum Gasteiger partial charge on any atom is -0.300 e. The molecule has 0 radical (unpaired) electrons. The van der Waals surface area contributed by atoms with Crippen LogP contribution in [0.4, 0.5) is 4.39 Å². The van der Waals surface area contributed by atoms with E-state index in [1.54, 1.807) is 12.1 Å². The lowest BCUT2D eigenvalue weighted by atomic mass is 10.2. The molecule has 0 unspecified atom stereocenters. The molecule has 0 fully saturated rings. The fraction of sp³-hybridized carbons (Fsp3) is 0.462. The second-order valence-electron chi connectivity index (χ2n) is 5.71. The van der Waals surface area contributed by atoms with Crippen molar-refractivity contribution < 1.29 is 9.18 Å². The first-order valence-electron chi connectivity index (χ1n) is 5.46. The third-order valence-corrected chi connectivity index (χ3v) is 8.72. The molecule has 0 bridgehead atoms. The van der Waals surface area contributed by atoms with Crippen LogP contribution in [0.25, 0.3) is 0 Å². The maximum Gasteiger partial charge on any atom is 0.140 e. The lowest BCUT2D eigenvalue weighted by Gasteiger charge is -2.35. The number of carbonyl (C=O) groups excluding carboxylic acids is 1. The minimum absolute atomic E-state index is 0.0124. The largest absolute Gasteiger partial charge is 0.300 e. The Labute approximate surface area is 97.7 Å². The van der Waals surface area contributed by atoms with Gasteiger partial charge in [0.15, 0.2) is 0 Å². The van der Waals surface area contributed by atoms with Crippen molar-refractivity contribution in [3.05, 3.63) is 35.6 Å². The van der Waals surface area contributed by atoms with Crippen molar-refractivity contribution in [1.29, 1.82) is 0 Å². The van der Waals surface area contributed by atoms with Crippen LogP contribution in [-0.2, 0) is 0 Å². The van der Waals surface area contributed by atoms with Crippen molar-refractivity contribution in [2.75, 3.05) is 0 Å². The number of rotatable bonds is 2. The molecule has 0 saturated heterocycles. The lowest BCUT2D eigenvalue weighted by Crippen LogP contribution is -2.46. The summed E-state index contributed by atoms with van der Waals surface area (Å²) in [4.78, 5) is 12.4. The maximum absolute atomic E-state index is 12.8. The summed E-state index contributed by atoms with van der Waals surface area (Å²) in [5, 5.41) is 0.207. The molecular formula is C13H19FOSi. The zero-order chi connectivity index (χ0) is 12.6. The van der Waals surface area contributed by atoms with Crippen LogP contribution in [0.5, 0.6) is 0 Å². The molecule has 0 aliphatic rings. The van der Waals surface area contributed by atoms with E-state index >= 15 is 0 Å². The van der Waals surface area contributed by atoms with Gasteiger partial charge in [-0.25, -0.2) is 4.39 Å². The molecule has 0 aliphatic carbocycles. The van der Waals surface area contributed by atoms with E-state index in [2.05, 4.69) is 33.9 Å². The Morgan fingerprint density at radius 1 is 1.12 bits per heavy atom. The molecule has 0 amide bonds. The van der Waals surface area contributed by atoms with Gasteiger partial charge in [0.25, 0.3) is 0 Å². The predicted molar refractivity (Wildman–Crippen MR) is 67.9 cm³/mol. The van der Waals surface area contributed by atoms with Crippen molar-refractivity contribution in [1.82, 2.24) is 0 Å². The highest BCUT2D eigenvalue weighted by atomic mass is 28.3. The van der Waals surface area contributed by atoms with Crippen LogP contribution >= 0.6 is 0 Å². The summed E-state index contributed by atoms with van der Waals surface area (Å²) in [6, 6.07) is 5.86. The summed E-state index contributed by atoms with van der Waals surface area (Å²) < 4.78 is 12.8. The zero-order valence-corrected chi connectivity index (χ0v) is 11.6. The van der Waals surface area contributed by atoms with Crippen molar-refractivity contribution in [2.45, 2.75) is 38.9 Å². The highest BCUT2D eigenvalue weighted by Gasteiger charge is 2.42. The van der Waals surface area contributed by atoms with Gasteiger partial charge in [-0.3, -0.25) is 0 Å². The van der Waals surface area contributed by atoms with E-state index in [1.807, 2.05) is 0 Å². The van der Waals surface area contributed by atoms with E-state index in [1.165, 1.54) is 12.1 Å². The molecular weight excluding hydrogens is 219 g/mol. The average Bonchev–Trinajstić information content (AvgIpc) is 2.16. The second-order valence-corrected chi connectivity index (χ2v) is 10.9. The Bertz CT molecular complexity index is 387. The Hall–Kier alpha value is -0.963. The van der Waals surface area contributed by atoms with Crippen LogP contribution < -0.4 is 0 Å². The number of carbonyl (C=O) groups is 1. The molecule has 0 saturated carbocycles. The van der Waals surface area contributed by atoms with E-state index in [-0.39, 0.29) is 16.3 Å². The average molecular weight is 238 g/mol. The smallest absolute Gasteiger partial charge is 0.140 e. The van der Waals surface area contributed by atoms with Gasteiger partial charge >= 0.3 is 0 Å². The van der Waals surface area contributed by atoms with E-state index in [9.17, 15) is 9.18 Å². The van der Waals surface area contributed by atoms with E-state index in [4.69, 9.17) is 0 Å². The van der Waals surface area contributed by atoms with Gasteiger partial charge in [0.1, 0.15) is 19.3 Å². The number of hydrogen-bond donors (Lipinski definition) is 0. The van der Waals surface area contributed by atoms with Gasteiger partial charge in [0.2, 0.25) is 0 Å². The van der Waals surface area contributed by atoms with Crippen molar-refractivity contribution >= 4 is 13.5 Å². The number of halogens is 1. The molecule has 16 heavy (non-hydrogen) atoms. The standard InChI is InChI=1S/C13H19FOSi/c1-13(2,3)16(4,5)12(15)10-6-8-11(14)9-7-10/h6-9H,1-5H3. The summed E-state index contributed by atoms with van der Waals surface area (Å²) in [7, 11) is -2.03. The molecule has 0 atom stereocenters. The summed E-state index contributed by atoms with van der Waals surface area (Å²) in [5.74, 6) is -0.299. The van der Waals surface area contributed by atoms with E-state index < -0.39 is 8.07 Å². The fourth-order valence-corrected chi connectivity index (χ4v) is 2.87. The molecule has 1 aromatic rings. The molecule has 3 heteroatoms. The van der Waals surface area contributed by atoms with E-state index in [0.717, 1.165) is 0 Å². The Morgan fingerprint density at radius 2 is 1.56 bits per heavy atom. The summed E-state index contributed by atoms with van der Waals surface area (Å²) in [6.45, 7) is 10.4. The summed E-state index contributed by atoms with van der Waals surface area (Å²) in [6.07, 6.45) is 0. The van der Waals surface area contributed by atoms with Crippen molar-refractivity contribution in [3.8, 4) is 0 Å². The van der Waals surface area contributed by atoms with E-state index in [0.29, 0.717) is 5.56 Å². The highest BCUT2D eigenvalue weighted by molar-refractivity contribution is 7.08. The van der Waals surface area contributed by atoms with Crippen LogP contribution in [0.15, 0.2) is 24.3 Å². The Balaban J connectivity index is 3.07. The van der Waals surface area contributed by atoms with Gasteiger partial charge in [0.05, 0.1) is 0 Å². The van der Waals surface area contributed by atoms with Crippen molar-refractivity contribution in [2.24, 2.45) is 0 Å². The van der Waals surface area contributed by atoms with Crippen LogP contribution in [-0.4, -0.2) is 13.5 Å². The van der Waals surface area contributed by atoms with Crippen LogP contribution in [0, 0.1) is 5.82 Å². The van der Waals surface area contributed by atoms with Crippen LogP contribution in [0.3, 0.4) is 0 Å². The Morgan fingerprint density at radius 3 is 1.94 bits per heavy atom. The normalized spacial score (nSPS) is 12.6. The molecule has 1 rings (SSSR count). The molecule has 1 aromatic carbocycles. The van der Waals surface area contributed by atoms with Gasteiger partial charge in [-0.15, -0.1) is 0 Å². The number of hydrogen-bond acceptors (Lipinski definition) is 1. The first-order chi connectivity index (χ1) is 7.16. The lowest BCUT2D eigenvalue weighted by molar-refractivity contribution is 0.106.